The van der Waals surface area contributed by atoms with E-state index in [1.807, 2.05) is 66.7 Å². The molecule has 3 aromatic rings. The van der Waals surface area contributed by atoms with Crippen molar-refractivity contribution in [3.05, 3.63) is 107 Å². The highest BCUT2D eigenvalue weighted by Gasteiger charge is 2.09. The van der Waals surface area contributed by atoms with E-state index < -0.39 is 0 Å². The molecule has 0 spiro atoms. The van der Waals surface area contributed by atoms with Gasteiger partial charge in [0.25, 0.3) is 0 Å². The largest absolute Gasteiger partial charge is 0.289 e. The summed E-state index contributed by atoms with van der Waals surface area (Å²) in [6, 6.07) is 25.8. The van der Waals surface area contributed by atoms with Gasteiger partial charge in [0.15, 0.2) is 5.78 Å². The molecule has 1 nitrogen and oxygen atoms in total. The Morgan fingerprint density at radius 3 is 1.68 bits per heavy atom. The average Bonchev–Trinajstić information content (AvgIpc) is 2.67. The maximum atomic E-state index is 12.6. The highest BCUT2D eigenvalue weighted by Crippen LogP contribution is 2.17. The predicted octanol–water partition coefficient (Wildman–Crippen LogP) is 6.21. The first-order valence-electron chi connectivity index (χ1n) is 8.61. The maximum Gasteiger partial charge on any atom is 0.193 e. The van der Waals surface area contributed by atoms with Crippen LogP contribution in [0.3, 0.4) is 0 Å². The molecule has 3 aromatic carbocycles. The van der Waals surface area contributed by atoms with E-state index in [-0.39, 0.29) is 5.78 Å². The monoisotopic (exact) mass is 326 g/mol. The number of benzene rings is 3. The molecule has 0 amide bonds. The molecule has 0 radical (unpaired) electrons. The second-order valence-corrected chi connectivity index (χ2v) is 6.47. The second kappa shape index (κ2) is 7.76. The third kappa shape index (κ3) is 4.33. The van der Waals surface area contributed by atoms with E-state index in [0.717, 1.165) is 16.7 Å². The van der Waals surface area contributed by atoms with Crippen LogP contribution in [0.2, 0.25) is 0 Å². The highest BCUT2D eigenvalue weighted by molar-refractivity contribution is 6.09. The number of carbonyl (C=O) groups excluding carboxylic acids is 1. The first-order chi connectivity index (χ1) is 12.1. The number of ketones is 1. The fourth-order valence-electron chi connectivity index (χ4n) is 2.69. The molecular formula is C24H22O. The van der Waals surface area contributed by atoms with Crippen molar-refractivity contribution in [2.24, 2.45) is 0 Å². The van der Waals surface area contributed by atoms with Gasteiger partial charge in [-0.05, 0) is 22.6 Å². The molecule has 0 atom stereocenters. The summed E-state index contributed by atoms with van der Waals surface area (Å²) in [6.07, 6.45) is 4.13. The number of rotatable bonds is 5. The third-order valence-electron chi connectivity index (χ3n) is 4.28. The molecule has 0 unspecified atom stereocenters. The van der Waals surface area contributed by atoms with Gasteiger partial charge in [-0.3, -0.25) is 4.79 Å². The van der Waals surface area contributed by atoms with Gasteiger partial charge in [-0.2, -0.15) is 0 Å². The summed E-state index contributed by atoms with van der Waals surface area (Å²) in [6.45, 7) is 4.30. The lowest BCUT2D eigenvalue weighted by molar-refractivity contribution is 0.103. The van der Waals surface area contributed by atoms with Crippen molar-refractivity contribution in [3.63, 3.8) is 0 Å². The molecule has 0 aliphatic rings. The van der Waals surface area contributed by atoms with Gasteiger partial charge >= 0.3 is 0 Å². The Kier molecular flexibility index (Phi) is 5.25. The van der Waals surface area contributed by atoms with Crippen LogP contribution in [0.25, 0.3) is 12.2 Å². The molecule has 124 valence electrons. The Morgan fingerprint density at radius 2 is 1.16 bits per heavy atom. The van der Waals surface area contributed by atoms with Gasteiger partial charge in [0.05, 0.1) is 0 Å². The molecule has 1 heteroatoms. The van der Waals surface area contributed by atoms with Crippen molar-refractivity contribution in [2.75, 3.05) is 0 Å². The van der Waals surface area contributed by atoms with Crippen LogP contribution in [-0.4, -0.2) is 5.78 Å². The van der Waals surface area contributed by atoms with Crippen molar-refractivity contribution in [3.8, 4) is 0 Å². The smallest absolute Gasteiger partial charge is 0.193 e. The summed E-state index contributed by atoms with van der Waals surface area (Å²) >= 11 is 0. The standard InChI is InChI=1S/C24H22O/c1-18(2)21-14-16-23(17-15-21)24(25)22-12-10-20(11-13-22)9-8-19-6-4-3-5-7-19/h3-18H,1-2H3. The fourth-order valence-corrected chi connectivity index (χ4v) is 2.69. The topological polar surface area (TPSA) is 17.1 Å². The number of carbonyl (C=O) groups is 1. The molecule has 0 fully saturated rings. The summed E-state index contributed by atoms with van der Waals surface area (Å²) in [5, 5.41) is 0. The molecule has 0 aliphatic carbocycles. The van der Waals surface area contributed by atoms with Gasteiger partial charge < -0.3 is 0 Å². The summed E-state index contributed by atoms with van der Waals surface area (Å²) in [5.41, 5.74) is 4.94. The van der Waals surface area contributed by atoms with Crippen LogP contribution in [-0.2, 0) is 0 Å². The van der Waals surface area contributed by atoms with E-state index in [0.29, 0.717) is 11.5 Å². The molecule has 0 bridgehead atoms. The van der Waals surface area contributed by atoms with Gasteiger partial charge in [-0.25, -0.2) is 0 Å². The van der Waals surface area contributed by atoms with E-state index >= 15 is 0 Å². The van der Waals surface area contributed by atoms with E-state index in [9.17, 15) is 4.79 Å². The minimum absolute atomic E-state index is 0.0638. The Balaban J connectivity index is 1.73. The normalized spacial score (nSPS) is 11.2. The van der Waals surface area contributed by atoms with Crippen LogP contribution in [0.15, 0.2) is 78.9 Å². The summed E-state index contributed by atoms with van der Waals surface area (Å²) < 4.78 is 0. The van der Waals surface area contributed by atoms with Gasteiger partial charge in [-0.1, -0.05) is 105 Å². The molecule has 0 saturated heterocycles. The molecule has 0 aliphatic heterocycles. The van der Waals surface area contributed by atoms with Gasteiger partial charge in [-0.15, -0.1) is 0 Å². The molecule has 0 heterocycles. The van der Waals surface area contributed by atoms with E-state index in [2.05, 4.69) is 38.1 Å². The van der Waals surface area contributed by atoms with Crippen molar-refractivity contribution in [1.82, 2.24) is 0 Å². The van der Waals surface area contributed by atoms with Crippen LogP contribution < -0.4 is 0 Å². The van der Waals surface area contributed by atoms with E-state index in [1.54, 1.807) is 0 Å². The first-order valence-corrected chi connectivity index (χ1v) is 8.61. The Morgan fingerprint density at radius 1 is 0.680 bits per heavy atom. The molecule has 25 heavy (non-hydrogen) atoms. The van der Waals surface area contributed by atoms with E-state index in [4.69, 9.17) is 0 Å². The fraction of sp³-hybridized carbons (Fsp3) is 0.125. The van der Waals surface area contributed by atoms with Crippen molar-refractivity contribution < 1.29 is 4.79 Å². The van der Waals surface area contributed by atoms with Gasteiger partial charge in [0, 0.05) is 11.1 Å². The SMILES string of the molecule is CC(C)c1ccc(C(=O)c2ccc(C=Cc3ccccc3)cc2)cc1. The average molecular weight is 326 g/mol. The van der Waals surface area contributed by atoms with Crippen LogP contribution in [0.4, 0.5) is 0 Å². The van der Waals surface area contributed by atoms with Crippen LogP contribution in [0, 0.1) is 0 Å². The minimum Gasteiger partial charge on any atom is -0.289 e. The predicted molar refractivity (Wildman–Crippen MR) is 106 cm³/mol. The summed E-state index contributed by atoms with van der Waals surface area (Å²) in [7, 11) is 0. The van der Waals surface area contributed by atoms with Crippen molar-refractivity contribution in [2.45, 2.75) is 19.8 Å². The minimum atomic E-state index is 0.0638. The lowest BCUT2D eigenvalue weighted by Crippen LogP contribution is -2.01. The molecule has 0 N–H and O–H groups in total. The van der Waals surface area contributed by atoms with Gasteiger partial charge in [0.2, 0.25) is 0 Å². The maximum absolute atomic E-state index is 12.6. The van der Waals surface area contributed by atoms with E-state index in [1.165, 1.54) is 5.56 Å². The zero-order chi connectivity index (χ0) is 17.6. The van der Waals surface area contributed by atoms with Crippen LogP contribution in [0.5, 0.6) is 0 Å². The Bertz CT molecular complexity index is 854. The summed E-state index contributed by atoms with van der Waals surface area (Å²) in [5.74, 6) is 0.536. The van der Waals surface area contributed by atoms with Crippen molar-refractivity contribution in [1.29, 1.82) is 0 Å². The summed E-state index contributed by atoms with van der Waals surface area (Å²) in [4.78, 5) is 12.6. The van der Waals surface area contributed by atoms with Gasteiger partial charge in [0.1, 0.15) is 0 Å². The Hall–Kier alpha value is -2.93. The molecule has 0 saturated carbocycles. The zero-order valence-electron chi connectivity index (χ0n) is 14.6. The zero-order valence-corrected chi connectivity index (χ0v) is 14.6. The van der Waals surface area contributed by atoms with Crippen LogP contribution >= 0.6 is 0 Å². The molecule has 0 aromatic heterocycles. The molecular weight excluding hydrogens is 304 g/mol. The third-order valence-corrected chi connectivity index (χ3v) is 4.28. The number of hydrogen-bond acceptors (Lipinski definition) is 1. The molecule has 3 rings (SSSR count). The highest BCUT2D eigenvalue weighted by atomic mass is 16.1. The second-order valence-electron chi connectivity index (χ2n) is 6.47. The van der Waals surface area contributed by atoms with Crippen molar-refractivity contribution >= 4 is 17.9 Å². The lowest BCUT2D eigenvalue weighted by atomic mass is 9.97. The lowest BCUT2D eigenvalue weighted by Gasteiger charge is -2.06. The quantitative estimate of drug-likeness (QED) is 0.402. The first kappa shape index (κ1) is 16.9. The number of hydrogen-bond donors (Lipinski definition) is 0. The Labute approximate surface area is 149 Å². The van der Waals surface area contributed by atoms with Crippen LogP contribution in [0.1, 0.15) is 52.4 Å².